The number of rotatable bonds is 3. The Kier molecular flexibility index (Phi) is 4.00. The third-order valence-corrected chi connectivity index (χ3v) is 3.93. The number of carboxylic acids is 1. The fraction of sp³-hybridized carbons (Fsp3) is 0.333. The monoisotopic (exact) mass is 275 g/mol. The van der Waals surface area contributed by atoms with Crippen molar-refractivity contribution in [3.8, 4) is 0 Å². The summed E-state index contributed by atoms with van der Waals surface area (Å²) in [5.41, 5.74) is 2.65. The van der Waals surface area contributed by atoms with Crippen LogP contribution in [0.5, 0.6) is 0 Å². The van der Waals surface area contributed by atoms with E-state index in [2.05, 4.69) is 19.2 Å². The molecule has 2 atom stereocenters. The molecule has 2 rings (SSSR count). The molecule has 19 heavy (non-hydrogen) atoms. The highest BCUT2D eigenvalue weighted by Crippen LogP contribution is 2.31. The van der Waals surface area contributed by atoms with Crippen molar-refractivity contribution in [1.82, 2.24) is 5.32 Å². The third-order valence-electron chi connectivity index (χ3n) is 3.60. The van der Waals surface area contributed by atoms with Gasteiger partial charge in [-0.3, -0.25) is 0 Å². The van der Waals surface area contributed by atoms with E-state index in [1.165, 1.54) is 6.08 Å². The van der Waals surface area contributed by atoms with Gasteiger partial charge < -0.3 is 10.4 Å². The minimum absolute atomic E-state index is 0.0384. The second-order valence-corrected chi connectivity index (χ2v) is 5.23. The van der Waals surface area contributed by atoms with Crippen molar-refractivity contribution in [2.75, 3.05) is 0 Å². The quantitative estimate of drug-likeness (QED) is 0.658. The van der Waals surface area contributed by atoms with E-state index in [1.807, 2.05) is 24.3 Å². The van der Waals surface area contributed by atoms with Gasteiger partial charge in [-0.05, 0) is 17.1 Å². The molecule has 0 bridgehead atoms. The topological polar surface area (TPSA) is 49.3 Å². The molecule has 2 N–H and O–H groups in total. The van der Waals surface area contributed by atoms with Gasteiger partial charge in [0.25, 0.3) is 0 Å². The van der Waals surface area contributed by atoms with Gasteiger partial charge >= 0.3 is 5.97 Å². The van der Waals surface area contributed by atoms with Crippen LogP contribution in [-0.4, -0.2) is 22.1 Å². The minimum atomic E-state index is -0.923. The zero-order valence-corrected chi connectivity index (χ0v) is 11.8. The van der Waals surface area contributed by atoms with Crippen molar-refractivity contribution in [1.29, 1.82) is 0 Å². The summed E-state index contributed by atoms with van der Waals surface area (Å²) in [6.45, 7) is 4.19. The molecule has 0 aromatic heterocycles. The van der Waals surface area contributed by atoms with Gasteiger partial charge in [0.1, 0.15) is 4.99 Å². The summed E-state index contributed by atoms with van der Waals surface area (Å²) in [7, 11) is 0. The molecular weight excluding hydrogens is 258 g/mol. The van der Waals surface area contributed by atoms with Crippen LogP contribution in [0, 0.1) is 5.92 Å². The highest BCUT2D eigenvalue weighted by atomic mass is 32.1. The smallest absolute Gasteiger partial charge is 0.328 e. The fourth-order valence-corrected chi connectivity index (χ4v) is 2.69. The molecule has 0 aliphatic carbocycles. The summed E-state index contributed by atoms with van der Waals surface area (Å²) in [6.07, 6.45) is 2.25. The predicted molar refractivity (Wildman–Crippen MR) is 80.1 cm³/mol. The Morgan fingerprint density at radius 2 is 2.11 bits per heavy atom. The van der Waals surface area contributed by atoms with Crippen LogP contribution >= 0.6 is 12.2 Å². The molecular formula is C15H17NO2S. The zero-order chi connectivity index (χ0) is 14.0. The molecule has 0 radical (unpaired) electrons. The molecule has 1 aromatic carbocycles. The predicted octanol–water partition coefficient (Wildman–Crippen LogP) is 2.85. The Labute approximate surface area is 118 Å². The Bertz CT molecular complexity index is 551. The molecule has 0 amide bonds. The van der Waals surface area contributed by atoms with Gasteiger partial charge in [-0.15, -0.1) is 0 Å². The third kappa shape index (κ3) is 2.68. The molecule has 1 aromatic rings. The summed E-state index contributed by atoms with van der Waals surface area (Å²) in [5, 5.41) is 12.4. The first-order valence-electron chi connectivity index (χ1n) is 6.39. The number of carbonyl (C=O) groups is 1. The number of thiocarbonyl (C=S) groups is 1. The Hall–Kier alpha value is -1.68. The Morgan fingerprint density at radius 3 is 2.68 bits per heavy atom. The standard InChI is InChI=1S/C15H17NO2S/c1-3-9(2)14-12(8-13(17)18)10-6-4-5-7-11(10)15(19)16-14/h4-9,14H,3H2,1-2H3,(H,16,19)(H,17,18)/t9?,14-/m0/s1. The van der Waals surface area contributed by atoms with Gasteiger partial charge in [-0.25, -0.2) is 4.79 Å². The van der Waals surface area contributed by atoms with E-state index in [0.29, 0.717) is 10.9 Å². The van der Waals surface area contributed by atoms with Gasteiger partial charge in [-0.2, -0.15) is 0 Å². The summed E-state index contributed by atoms with van der Waals surface area (Å²) < 4.78 is 0. The van der Waals surface area contributed by atoms with Gasteiger partial charge in [-0.1, -0.05) is 56.8 Å². The van der Waals surface area contributed by atoms with Crippen molar-refractivity contribution in [3.63, 3.8) is 0 Å². The van der Waals surface area contributed by atoms with E-state index in [4.69, 9.17) is 17.3 Å². The molecule has 1 unspecified atom stereocenters. The van der Waals surface area contributed by atoms with Crippen LogP contribution in [-0.2, 0) is 4.79 Å². The molecule has 1 aliphatic rings. The van der Waals surface area contributed by atoms with Crippen molar-refractivity contribution in [2.45, 2.75) is 26.3 Å². The zero-order valence-electron chi connectivity index (χ0n) is 11.0. The number of aliphatic carboxylic acids is 1. The number of fused-ring (bicyclic) bond motifs is 1. The SMILES string of the molecule is CCC(C)[C@@H]1NC(=S)c2ccccc2C1=CC(=O)O. The van der Waals surface area contributed by atoms with E-state index >= 15 is 0 Å². The van der Waals surface area contributed by atoms with Gasteiger partial charge in [0, 0.05) is 11.6 Å². The Balaban J connectivity index is 2.57. The van der Waals surface area contributed by atoms with Gasteiger partial charge in [0.05, 0.1) is 6.04 Å². The number of hydrogen-bond donors (Lipinski definition) is 2. The normalized spacial score (nSPS) is 21.7. The van der Waals surface area contributed by atoms with Crippen LogP contribution in [0.4, 0.5) is 0 Å². The first kappa shape index (κ1) is 13.7. The highest BCUT2D eigenvalue weighted by molar-refractivity contribution is 7.80. The first-order chi connectivity index (χ1) is 9.04. The van der Waals surface area contributed by atoms with Crippen molar-refractivity contribution in [2.24, 2.45) is 5.92 Å². The lowest BCUT2D eigenvalue weighted by atomic mass is 9.83. The number of nitrogens with one attached hydrogen (secondary N) is 1. The largest absolute Gasteiger partial charge is 0.478 e. The van der Waals surface area contributed by atoms with Crippen LogP contribution in [0.25, 0.3) is 5.57 Å². The van der Waals surface area contributed by atoms with Crippen LogP contribution in [0.3, 0.4) is 0 Å². The fourth-order valence-electron chi connectivity index (χ4n) is 2.38. The maximum atomic E-state index is 11.1. The lowest BCUT2D eigenvalue weighted by Gasteiger charge is -2.33. The molecule has 100 valence electrons. The van der Waals surface area contributed by atoms with E-state index < -0.39 is 5.97 Å². The molecule has 0 spiro atoms. The molecule has 0 saturated heterocycles. The second kappa shape index (κ2) is 5.53. The van der Waals surface area contributed by atoms with Crippen molar-refractivity contribution in [3.05, 3.63) is 41.5 Å². The van der Waals surface area contributed by atoms with E-state index in [0.717, 1.165) is 23.1 Å². The van der Waals surface area contributed by atoms with Gasteiger partial charge in [0.15, 0.2) is 0 Å². The molecule has 0 fully saturated rings. The molecule has 1 aliphatic heterocycles. The average Bonchev–Trinajstić information content (AvgIpc) is 2.40. The maximum absolute atomic E-state index is 11.1. The van der Waals surface area contributed by atoms with Crippen LogP contribution in [0.1, 0.15) is 31.4 Å². The van der Waals surface area contributed by atoms with Crippen LogP contribution < -0.4 is 5.32 Å². The van der Waals surface area contributed by atoms with Crippen LogP contribution in [0.15, 0.2) is 30.3 Å². The highest BCUT2D eigenvalue weighted by Gasteiger charge is 2.29. The summed E-state index contributed by atoms with van der Waals surface area (Å²) in [5.74, 6) is -0.607. The first-order valence-corrected chi connectivity index (χ1v) is 6.80. The van der Waals surface area contributed by atoms with E-state index in [1.54, 1.807) is 0 Å². The molecule has 4 heteroatoms. The second-order valence-electron chi connectivity index (χ2n) is 4.82. The maximum Gasteiger partial charge on any atom is 0.328 e. The number of carboxylic acid groups (broad SMARTS) is 1. The number of benzene rings is 1. The molecule has 3 nitrogen and oxygen atoms in total. The minimum Gasteiger partial charge on any atom is -0.478 e. The van der Waals surface area contributed by atoms with E-state index in [-0.39, 0.29) is 6.04 Å². The molecule has 0 saturated carbocycles. The summed E-state index contributed by atoms with van der Waals surface area (Å²) in [4.78, 5) is 11.8. The lowest BCUT2D eigenvalue weighted by molar-refractivity contribution is -0.131. The van der Waals surface area contributed by atoms with E-state index in [9.17, 15) is 4.79 Å². The van der Waals surface area contributed by atoms with Gasteiger partial charge in [0.2, 0.25) is 0 Å². The van der Waals surface area contributed by atoms with Crippen LogP contribution in [0.2, 0.25) is 0 Å². The average molecular weight is 275 g/mol. The summed E-state index contributed by atoms with van der Waals surface area (Å²) in [6, 6.07) is 7.65. The number of hydrogen-bond acceptors (Lipinski definition) is 2. The molecule has 1 heterocycles. The Morgan fingerprint density at radius 1 is 1.47 bits per heavy atom. The van der Waals surface area contributed by atoms with Crippen molar-refractivity contribution >= 4 is 28.7 Å². The lowest BCUT2D eigenvalue weighted by Crippen LogP contribution is -2.43. The van der Waals surface area contributed by atoms with Crippen molar-refractivity contribution < 1.29 is 9.90 Å². The summed E-state index contributed by atoms with van der Waals surface area (Å²) >= 11 is 5.39.